The first kappa shape index (κ1) is 30.5. The van der Waals surface area contributed by atoms with Crippen molar-refractivity contribution in [2.45, 2.75) is 19.3 Å². The van der Waals surface area contributed by atoms with Gasteiger partial charge in [0.15, 0.2) is 5.82 Å². The molecular weight excluding hydrogens is 621 g/mol. The molecule has 0 bridgehead atoms. The van der Waals surface area contributed by atoms with Gasteiger partial charge in [-0.15, -0.1) is 0 Å². The first-order valence-electron chi connectivity index (χ1n) is 17.3. The van der Waals surface area contributed by atoms with Crippen molar-refractivity contribution in [1.29, 1.82) is 0 Å². The van der Waals surface area contributed by atoms with E-state index < -0.39 is 0 Å². The van der Waals surface area contributed by atoms with Crippen molar-refractivity contribution in [3.63, 3.8) is 0 Å². The molecule has 0 spiro atoms. The van der Waals surface area contributed by atoms with E-state index in [1.165, 1.54) is 16.7 Å². The number of hydrogen-bond acceptors (Lipinski definition) is 4. The highest BCUT2D eigenvalue weighted by Gasteiger charge is 2.39. The van der Waals surface area contributed by atoms with Gasteiger partial charge in [-0.05, 0) is 52.1 Å². The van der Waals surface area contributed by atoms with Gasteiger partial charge in [0.1, 0.15) is 0 Å². The van der Waals surface area contributed by atoms with Crippen LogP contribution in [0.15, 0.2) is 170 Å². The van der Waals surface area contributed by atoms with E-state index in [0.717, 1.165) is 67.3 Å². The Kier molecular flexibility index (Phi) is 7.44. The fourth-order valence-corrected chi connectivity index (χ4v) is 7.34. The zero-order valence-corrected chi connectivity index (χ0v) is 28.5. The topological polar surface area (TPSA) is 51.6 Å². The number of rotatable bonds is 6. The van der Waals surface area contributed by atoms with E-state index in [-0.39, 0.29) is 5.41 Å². The van der Waals surface area contributed by atoms with Gasteiger partial charge in [0.05, 0.1) is 22.8 Å². The van der Waals surface area contributed by atoms with Gasteiger partial charge in [-0.2, -0.15) is 0 Å². The molecule has 5 aromatic carbocycles. The highest BCUT2D eigenvalue weighted by atomic mass is 14.9. The molecule has 4 heteroatoms. The largest absolute Gasteiger partial charge is 0.264 e. The maximum Gasteiger partial charge on any atom is 0.161 e. The van der Waals surface area contributed by atoms with Gasteiger partial charge in [-0.3, -0.25) is 4.98 Å². The summed E-state index contributed by atoms with van der Waals surface area (Å²) in [6.07, 6.45) is 3.61. The van der Waals surface area contributed by atoms with E-state index in [1.807, 2.05) is 24.4 Å². The Morgan fingerprint density at radius 1 is 0.412 bits per heavy atom. The second kappa shape index (κ2) is 12.4. The van der Waals surface area contributed by atoms with Crippen molar-refractivity contribution in [1.82, 2.24) is 19.9 Å². The van der Waals surface area contributed by atoms with Crippen molar-refractivity contribution < 1.29 is 0 Å². The van der Waals surface area contributed by atoms with Crippen LogP contribution in [0.1, 0.15) is 25.0 Å². The second-order valence-electron chi connectivity index (χ2n) is 13.5. The molecule has 8 aromatic rings. The smallest absolute Gasteiger partial charge is 0.161 e. The fraction of sp³-hybridized carbons (Fsp3) is 0.0638. The molecule has 0 radical (unpaired) electrons. The third-order valence-electron chi connectivity index (χ3n) is 9.98. The van der Waals surface area contributed by atoms with Crippen LogP contribution in [0.25, 0.3) is 78.7 Å². The Balaban J connectivity index is 1.08. The van der Waals surface area contributed by atoms with Gasteiger partial charge >= 0.3 is 0 Å². The van der Waals surface area contributed by atoms with Crippen LogP contribution in [0.5, 0.6) is 0 Å². The molecule has 3 heterocycles. The lowest BCUT2D eigenvalue weighted by Crippen LogP contribution is -2.17. The lowest BCUT2D eigenvalue weighted by Gasteiger charge is -2.23. The zero-order valence-electron chi connectivity index (χ0n) is 28.5. The summed E-state index contributed by atoms with van der Waals surface area (Å²) in [6, 6.07) is 55.3. The molecule has 3 aromatic heterocycles. The molecule has 0 saturated carbocycles. The summed E-state index contributed by atoms with van der Waals surface area (Å²) >= 11 is 0. The van der Waals surface area contributed by atoms with Gasteiger partial charge in [0.25, 0.3) is 0 Å². The van der Waals surface area contributed by atoms with Gasteiger partial charge in [-0.25, -0.2) is 15.0 Å². The molecule has 0 aliphatic heterocycles. The SMILES string of the molecule is CC1(C)c2ccccc2-c2nc(-c3cccnc3)nc(-c3ccc(-c4ccc(-c5cc(-c6ccccc6)cc(-c6ccccc6)n5)cc4)cc3)c21. The average molecular weight is 655 g/mol. The first-order chi connectivity index (χ1) is 25.0. The van der Waals surface area contributed by atoms with Crippen LogP contribution in [0.2, 0.25) is 0 Å². The number of fused-ring (bicyclic) bond motifs is 3. The minimum atomic E-state index is -0.241. The molecule has 0 saturated heterocycles. The molecule has 0 fully saturated rings. The van der Waals surface area contributed by atoms with Crippen molar-refractivity contribution in [3.05, 3.63) is 181 Å². The maximum absolute atomic E-state index is 5.21. The molecule has 4 nitrogen and oxygen atoms in total. The lowest BCUT2D eigenvalue weighted by molar-refractivity contribution is 0.658. The summed E-state index contributed by atoms with van der Waals surface area (Å²) in [5, 5.41) is 0. The van der Waals surface area contributed by atoms with E-state index in [4.69, 9.17) is 15.0 Å². The molecule has 1 aliphatic carbocycles. The zero-order chi connectivity index (χ0) is 34.4. The Labute approximate surface area is 298 Å². The molecule has 51 heavy (non-hydrogen) atoms. The second-order valence-corrected chi connectivity index (χ2v) is 13.5. The summed E-state index contributed by atoms with van der Waals surface area (Å²) in [5.74, 6) is 0.685. The standard InChI is InChI=1S/C47H34N4/c1-47(2)40-18-10-9-17-39(40)45-43(47)44(50-46(51-45)37-16-11-27-48-30-37)36-25-21-33(22-26-36)32-19-23-35(24-20-32)42-29-38(31-12-5-3-6-13-31)28-41(49-42)34-14-7-4-8-15-34/h3-30H,1-2H3. The summed E-state index contributed by atoms with van der Waals surface area (Å²) in [7, 11) is 0. The quantitative estimate of drug-likeness (QED) is 0.179. The molecular formula is C47H34N4. The molecule has 1 aliphatic rings. The fourth-order valence-electron chi connectivity index (χ4n) is 7.34. The summed E-state index contributed by atoms with van der Waals surface area (Å²) in [5.41, 5.74) is 16.0. The van der Waals surface area contributed by atoms with Crippen molar-refractivity contribution >= 4 is 0 Å². The Bertz CT molecular complexity index is 2450. The third-order valence-corrected chi connectivity index (χ3v) is 9.98. The van der Waals surface area contributed by atoms with Crippen LogP contribution in [-0.2, 0) is 5.41 Å². The average Bonchev–Trinajstić information content (AvgIpc) is 3.44. The third kappa shape index (κ3) is 5.51. The molecule has 0 N–H and O–H groups in total. The van der Waals surface area contributed by atoms with Gasteiger partial charge in [0.2, 0.25) is 0 Å². The molecule has 0 atom stereocenters. The van der Waals surface area contributed by atoms with Crippen molar-refractivity contribution in [3.8, 4) is 78.7 Å². The highest BCUT2D eigenvalue weighted by Crippen LogP contribution is 2.51. The van der Waals surface area contributed by atoms with Crippen LogP contribution >= 0.6 is 0 Å². The van der Waals surface area contributed by atoms with Gasteiger partial charge in [0, 0.05) is 51.2 Å². The van der Waals surface area contributed by atoms with Crippen LogP contribution in [-0.4, -0.2) is 19.9 Å². The normalized spacial score (nSPS) is 12.7. The Morgan fingerprint density at radius 2 is 0.922 bits per heavy atom. The number of hydrogen-bond donors (Lipinski definition) is 0. The van der Waals surface area contributed by atoms with E-state index in [9.17, 15) is 0 Å². The highest BCUT2D eigenvalue weighted by molar-refractivity contribution is 5.86. The molecule has 9 rings (SSSR count). The molecule has 0 unspecified atom stereocenters. The van der Waals surface area contributed by atoms with E-state index in [0.29, 0.717) is 5.82 Å². The van der Waals surface area contributed by atoms with Crippen molar-refractivity contribution in [2.24, 2.45) is 0 Å². The van der Waals surface area contributed by atoms with Crippen LogP contribution in [0.3, 0.4) is 0 Å². The number of aromatic nitrogens is 4. The van der Waals surface area contributed by atoms with Crippen LogP contribution in [0, 0.1) is 0 Å². The monoisotopic (exact) mass is 654 g/mol. The summed E-state index contributed by atoms with van der Waals surface area (Å²) < 4.78 is 0. The number of pyridine rings is 2. The molecule has 0 amide bonds. The van der Waals surface area contributed by atoms with Crippen LogP contribution < -0.4 is 0 Å². The predicted octanol–water partition coefficient (Wildman–Crippen LogP) is 11.6. The Hall–Kier alpha value is -6.52. The minimum absolute atomic E-state index is 0.241. The molecule has 242 valence electrons. The summed E-state index contributed by atoms with van der Waals surface area (Å²) in [6.45, 7) is 4.55. The van der Waals surface area contributed by atoms with Gasteiger partial charge < -0.3 is 0 Å². The number of nitrogens with zero attached hydrogens (tertiary/aromatic N) is 4. The van der Waals surface area contributed by atoms with Crippen molar-refractivity contribution in [2.75, 3.05) is 0 Å². The van der Waals surface area contributed by atoms with E-state index >= 15 is 0 Å². The maximum atomic E-state index is 5.21. The lowest BCUT2D eigenvalue weighted by atomic mass is 9.80. The summed E-state index contributed by atoms with van der Waals surface area (Å²) in [4.78, 5) is 19.8. The van der Waals surface area contributed by atoms with E-state index in [2.05, 4.69) is 158 Å². The first-order valence-corrected chi connectivity index (χ1v) is 17.3. The minimum Gasteiger partial charge on any atom is -0.264 e. The Morgan fingerprint density at radius 3 is 1.57 bits per heavy atom. The van der Waals surface area contributed by atoms with Crippen LogP contribution in [0.4, 0.5) is 0 Å². The van der Waals surface area contributed by atoms with Gasteiger partial charge in [-0.1, -0.05) is 147 Å². The van der Waals surface area contributed by atoms with E-state index in [1.54, 1.807) is 6.20 Å². The predicted molar refractivity (Wildman–Crippen MR) is 208 cm³/mol. The number of benzene rings is 5.